The van der Waals surface area contributed by atoms with Gasteiger partial charge in [-0.3, -0.25) is 0 Å². The Morgan fingerprint density at radius 3 is 1.66 bits per heavy atom. The largest absolute Gasteiger partial charge is 0.456 e. The van der Waals surface area contributed by atoms with Crippen molar-refractivity contribution in [1.82, 2.24) is 15.0 Å². The Labute approximate surface area is 335 Å². The normalized spacial score (nSPS) is 12.1. The highest BCUT2D eigenvalue weighted by atomic mass is 16.3. The summed E-state index contributed by atoms with van der Waals surface area (Å²) in [5.41, 5.74) is 9.59. The van der Waals surface area contributed by atoms with Gasteiger partial charge in [-0.05, 0) is 75.6 Å². The van der Waals surface area contributed by atoms with Crippen LogP contribution in [0, 0.1) is 0 Å². The van der Waals surface area contributed by atoms with Gasteiger partial charge in [0.15, 0.2) is 17.5 Å². The van der Waals surface area contributed by atoms with Gasteiger partial charge in [0.25, 0.3) is 0 Å². The van der Waals surface area contributed by atoms with E-state index in [0.29, 0.717) is 17.5 Å². The predicted octanol–water partition coefficient (Wildman–Crippen LogP) is 14.5. The van der Waals surface area contributed by atoms with Crippen LogP contribution in [-0.4, -0.2) is 15.0 Å². The van der Waals surface area contributed by atoms with Crippen molar-refractivity contribution >= 4 is 87.4 Å². The second kappa shape index (κ2) is 12.2. The fourth-order valence-electron chi connectivity index (χ4n) is 8.93. The number of hydrogen-bond acceptors (Lipinski definition) is 6. The van der Waals surface area contributed by atoms with Crippen LogP contribution in [0.1, 0.15) is 0 Å². The third-order valence-corrected chi connectivity index (χ3v) is 11.7. The number of rotatable bonds is 4. The van der Waals surface area contributed by atoms with E-state index in [9.17, 15) is 0 Å². The average molecular weight is 756 g/mol. The summed E-state index contributed by atoms with van der Waals surface area (Å²) in [7, 11) is 0. The van der Waals surface area contributed by atoms with Crippen molar-refractivity contribution in [2.24, 2.45) is 0 Å². The third-order valence-electron chi connectivity index (χ3n) is 11.7. The zero-order chi connectivity index (χ0) is 38.6. The molecule has 6 nitrogen and oxygen atoms in total. The number of aromatic nitrogens is 3. The molecule has 0 aliphatic rings. The van der Waals surface area contributed by atoms with Crippen LogP contribution in [0.5, 0.6) is 0 Å². The van der Waals surface area contributed by atoms with Gasteiger partial charge in [-0.25, -0.2) is 15.0 Å². The molecule has 274 valence electrons. The molecule has 13 aromatic rings. The molecule has 0 saturated carbocycles. The maximum Gasteiger partial charge on any atom is 0.164 e. The zero-order valence-corrected chi connectivity index (χ0v) is 31.3. The molecule has 9 aromatic carbocycles. The van der Waals surface area contributed by atoms with Crippen molar-refractivity contribution in [1.29, 1.82) is 0 Å². The van der Waals surface area contributed by atoms with Crippen molar-refractivity contribution < 1.29 is 13.3 Å². The van der Waals surface area contributed by atoms with Gasteiger partial charge < -0.3 is 13.3 Å². The van der Waals surface area contributed by atoms with E-state index < -0.39 is 0 Å². The van der Waals surface area contributed by atoms with Crippen LogP contribution >= 0.6 is 0 Å². The van der Waals surface area contributed by atoms with Gasteiger partial charge in [0.2, 0.25) is 0 Å². The van der Waals surface area contributed by atoms with E-state index in [2.05, 4.69) is 115 Å². The van der Waals surface area contributed by atoms with Crippen molar-refractivity contribution in [3.63, 3.8) is 0 Å². The number of benzene rings is 9. The average Bonchev–Trinajstić information content (AvgIpc) is 3.99. The molecule has 4 aromatic heterocycles. The maximum absolute atomic E-state index is 6.75. The molecule has 0 amide bonds. The highest BCUT2D eigenvalue weighted by Crippen LogP contribution is 2.42. The van der Waals surface area contributed by atoms with Gasteiger partial charge >= 0.3 is 0 Å². The number of furan rings is 3. The number of para-hydroxylation sites is 3. The summed E-state index contributed by atoms with van der Waals surface area (Å²) in [5.74, 6) is 1.66. The molecular formula is C53H29N3O3. The van der Waals surface area contributed by atoms with Gasteiger partial charge in [-0.1, -0.05) is 127 Å². The highest BCUT2D eigenvalue weighted by Gasteiger charge is 2.22. The molecule has 6 heteroatoms. The topological polar surface area (TPSA) is 78.1 Å². The van der Waals surface area contributed by atoms with Crippen molar-refractivity contribution in [2.45, 2.75) is 0 Å². The standard InChI is InChI=1S/C53H29N3O3/c1-2-11-31-26-33(24-22-30(31)10-1)36-14-7-15-39-49-41(17-9-21-46(49)59-50(36)39)53-55-51(54-52(56-53)40-16-8-20-45-48(40)38-13-4-6-19-44(38)57-45)34-25-23-32-28-42-37-12-3-5-18-43(37)58-47(42)29-35(32)27-34/h1-29H. The van der Waals surface area contributed by atoms with E-state index in [1.165, 1.54) is 10.8 Å². The van der Waals surface area contributed by atoms with Crippen LogP contribution in [0.15, 0.2) is 189 Å². The first-order chi connectivity index (χ1) is 29.2. The molecular weight excluding hydrogens is 727 g/mol. The molecule has 59 heavy (non-hydrogen) atoms. The fraction of sp³-hybridized carbons (Fsp3) is 0. The summed E-state index contributed by atoms with van der Waals surface area (Å²) >= 11 is 0. The first-order valence-electron chi connectivity index (χ1n) is 19.7. The monoisotopic (exact) mass is 755 g/mol. The van der Waals surface area contributed by atoms with Gasteiger partial charge in [0, 0.05) is 54.6 Å². The molecule has 0 N–H and O–H groups in total. The SMILES string of the molecule is c1ccc2cc(-c3cccc4c3oc3cccc(-c5nc(-c6ccc7cc8c(cc7c6)oc6ccccc68)nc(-c6cccc7oc8ccccc8c67)n5)c34)ccc2c1. The Morgan fingerprint density at radius 1 is 0.288 bits per heavy atom. The van der Waals surface area contributed by atoms with Gasteiger partial charge in [-0.2, -0.15) is 0 Å². The molecule has 0 unspecified atom stereocenters. The summed E-state index contributed by atoms with van der Waals surface area (Å²) in [6, 6.07) is 60.5. The van der Waals surface area contributed by atoms with Crippen LogP contribution in [0.25, 0.3) is 133 Å². The summed E-state index contributed by atoms with van der Waals surface area (Å²) in [4.78, 5) is 15.8. The van der Waals surface area contributed by atoms with E-state index >= 15 is 0 Å². The van der Waals surface area contributed by atoms with E-state index in [1.54, 1.807) is 0 Å². The molecule has 0 spiro atoms. The first-order valence-corrected chi connectivity index (χ1v) is 19.7. The molecule has 0 fully saturated rings. The predicted molar refractivity (Wildman–Crippen MR) is 238 cm³/mol. The lowest BCUT2D eigenvalue weighted by atomic mass is 9.98. The Balaban J connectivity index is 1.05. The summed E-state index contributed by atoms with van der Waals surface area (Å²) < 4.78 is 19.4. The number of fused-ring (bicyclic) bond motifs is 11. The van der Waals surface area contributed by atoms with Crippen LogP contribution < -0.4 is 0 Å². The molecule has 0 aliphatic carbocycles. The second-order valence-electron chi connectivity index (χ2n) is 15.1. The third kappa shape index (κ3) is 4.90. The van der Waals surface area contributed by atoms with E-state index in [0.717, 1.165) is 104 Å². The van der Waals surface area contributed by atoms with E-state index in [4.69, 9.17) is 28.2 Å². The van der Waals surface area contributed by atoms with Gasteiger partial charge in [-0.15, -0.1) is 0 Å². The smallest absolute Gasteiger partial charge is 0.164 e. The summed E-state index contributed by atoms with van der Waals surface area (Å²) in [5, 5.41) is 10.6. The van der Waals surface area contributed by atoms with Crippen LogP contribution in [0.4, 0.5) is 0 Å². The molecule has 13 rings (SSSR count). The van der Waals surface area contributed by atoms with Crippen molar-refractivity contribution in [3.8, 4) is 45.3 Å². The van der Waals surface area contributed by atoms with E-state index in [-0.39, 0.29) is 0 Å². The van der Waals surface area contributed by atoms with Crippen LogP contribution in [-0.2, 0) is 0 Å². The lowest BCUT2D eigenvalue weighted by molar-refractivity contribution is 0.669. The van der Waals surface area contributed by atoms with Gasteiger partial charge in [0.05, 0.1) is 0 Å². The lowest BCUT2D eigenvalue weighted by Gasteiger charge is -2.11. The Hall–Kier alpha value is -8.09. The molecule has 0 bridgehead atoms. The number of hydrogen-bond donors (Lipinski definition) is 0. The summed E-state index contributed by atoms with van der Waals surface area (Å²) in [6.07, 6.45) is 0. The van der Waals surface area contributed by atoms with Crippen LogP contribution in [0.3, 0.4) is 0 Å². The Bertz CT molecular complexity index is 3870. The minimum atomic E-state index is 0.548. The van der Waals surface area contributed by atoms with Crippen LogP contribution in [0.2, 0.25) is 0 Å². The minimum Gasteiger partial charge on any atom is -0.456 e. The van der Waals surface area contributed by atoms with Crippen molar-refractivity contribution in [2.75, 3.05) is 0 Å². The molecule has 4 heterocycles. The zero-order valence-electron chi connectivity index (χ0n) is 31.3. The quantitative estimate of drug-likeness (QED) is 0.178. The Kier molecular flexibility index (Phi) is 6.63. The number of nitrogens with zero attached hydrogens (tertiary/aromatic N) is 3. The molecule has 0 atom stereocenters. The summed E-state index contributed by atoms with van der Waals surface area (Å²) in [6.45, 7) is 0. The first kappa shape index (κ1) is 32.0. The second-order valence-corrected chi connectivity index (χ2v) is 15.1. The fourth-order valence-corrected chi connectivity index (χ4v) is 8.93. The molecule has 0 aliphatic heterocycles. The van der Waals surface area contributed by atoms with Crippen molar-refractivity contribution in [3.05, 3.63) is 176 Å². The van der Waals surface area contributed by atoms with E-state index in [1.807, 2.05) is 60.7 Å². The minimum absolute atomic E-state index is 0.548. The molecule has 0 saturated heterocycles. The van der Waals surface area contributed by atoms with Gasteiger partial charge in [0.1, 0.15) is 33.5 Å². The Morgan fingerprint density at radius 2 is 0.831 bits per heavy atom. The molecule has 0 radical (unpaired) electrons. The maximum atomic E-state index is 6.75. The lowest BCUT2D eigenvalue weighted by Crippen LogP contribution is -2.00. The highest BCUT2D eigenvalue weighted by molar-refractivity contribution is 6.16.